The molecule has 3 heteroatoms. The molecule has 15 rings (SSSR count). The van der Waals surface area contributed by atoms with E-state index in [9.17, 15) is 0 Å². The number of rotatable bonds is 7. The highest BCUT2D eigenvalue weighted by molar-refractivity contribution is 6.11. The highest BCUT2D eigenvalue weighted by atomic mass is 16.3. The Morgan fingerprint density at radius 3 is 1.53 bits per heavy atom. The first-order valence-electron chi connectivity index (χ1n) is 24.8. The standard InChI is InChI=1S/C69H44N2O/c1-3-20-47(21-4-1)67-53-25-10-9-19-46(53)35-41-64(67)70(49-23-5-2-6-24-49)51-37-39-56-54-26-11-14-30-60(54)69(62(56)43-51)61-31-15-12-27-55(61)57-40-38-52(44-63(57)69)71(50-36-34-45-18-7-8-22-48(45)42-50)65-32-17-29-59-58-28-13-16-33-66(58)72-68(59)65/h1-44H. The quantitative estimate of drug-likeness (QED) is 0.159. The van der Waals surface area contributed by atoms with Crippen LogP contribution in [0.25, 0.3) is 76.9 Å². The van der Waals surface area contributed by atoms with E-state index in [-0.39, 0.29) is 0 Å². The van der Waals surface area contributed by atoms with Crippen molar-refractivity contribution in [2.75, 3.05) is 9.80 Å². The Kier molecular flexibility index (Phi) is 8.87. The highest BCUT2D eigenvalue weighted by Gasteiger charge is 2.52. The average molecular weight is 917 g/mol. The maximum absolute atomic E-state index is 6.85. The van der Waals surface area contributed by atoms with Gasteiger partial charge in [0, 0.05) is 39.1 Å². The Morgan fingerprint density at radius 2 is 0.806 bits per heavy atom. The molecule has 1 spiro atoms. The number of fused-ring (bicyclic) bond motifs is 15. The zero-order chi connectivity index (χ0) is 47.3. The van der Waals surface area contributed by atoms with Crippen LogP contribution in [0, 0.1) is 0 Å². The van der Waals surface area contributed by atoms with E-state index in [0.29, 0.717) is 0 Å². The topological polar surface area (TPSA) is 19.6 Å². The molecule has 0 N–H and O–H groups in total. The van der Waals surface area contributed by atoms with Crippen molar-refractivity contribution < 1.29 is 4.42 Å². The first-order chi connectivity index (χ1) is 35.7. The van der Waals surface area contributed by atoms with Gasteiger partial charge in [0.1, 0.15) is 5.58 Å². The van der Waals surface area contributed by atoms with Crippen LogP contribution in [0.1, 0.15) is 22.3 Å². The second-order valence-electron chi connectivity index (χ2n) is 19.1. The van der Waals surface area contributed by atoms with Crippen molar-refractivity contribution >= 4 is 77.6 Å². The molecule has 13 aromatic rings. The third-order valence-electron chi connectivity index (χ3n) is 15.4. The fraction of sp³-hybridized carbons (Fsp3) is 0.0145. The first kappa shape index (κ1) is 40.4. The lowest BCUT2D eigenvalue weighted by atomic mass is 9.70. The molecule has 12 aromatic carbocycles. The SMILES string of the molecule is c1ccc(-c2c(N(c3ccccc3)c3ccc4c(c3)C3(c5ccccc5-4)c4ccccc4-c4ccc(N(c5ccc6ccccc6c5)c5cccc6c5oc5ccccc56)cc43)ccc3ccccc23)cc1. The summed E-state index contributed by atoms with van der Waals surface area (Å²) >= 11 is 0. The second-order valence-corrected chi connectivity index (χ2v) is 19.1. The van der Waals surface area contributed by atoms with Crippen LogP contribution in [0.3, 0.4) is 0 Å². The van der Waals surface area contributed by atoms with E-state index in [0.717, 1.165) is 56.1 Å². The molecule has 2 aliphatic carbocycles. The van der Waals surface area contributed by atoms with E-state index in [1.165, 1.54) is 77.2 Å². The largest absolute Gasteiger partial charge is 0.454 e. The number of hydrogen-bond acceptors (Lipinski definition) is 3. The van der Waals surface area contributed by atoms with Crippen LogP contribution in [0.15, 0.2) is 271 Å². The lowest BCUT2D eigenvalue weighted by Crippen LogP contribution is -2.26. The lowest BCUT2D eigenvalue weighted by molar-refractivity contribution is 0.669. The molecule has 336 valence electrons. The Morgan fingerprint density at radius 1 is 0.292 bits per heavy atom. The third-order valence-corrected chi connectivity index (χ3v) is 15.4. The van der Waals surface area contributed by atoms with Crippen molar-refractivity contribution in [1.82, 2.24) is 0 Å². The molecule has 0 aliphatic heterocycles. The molecule has 3 nitrogen and oxygen atoms in total. The molecule has 0 saturated carbocycles. The van der Waals surface area contributed by atoms with E-state index in [2.05, 4.69) is 277 Å². The molecule has 0 radical (unpaired) electrons. The third kappa shape index (κ3) is 5.85. The van der Waals surface area contributed by atoms with E-state index in [1.807, 2.05) is 0 Å². The van der Waals surface area contributed by atoms with Crippen LogP contribution in [-0.4, -0.2) is 0 Å². The summed E-state index contributed by atoms with van der Waals surface area (Å²) in [7, 11) is 0. The lowest BCUT2D eigenvalue weighted by Gasteiger charge is -2.34. The van der Waals surface area contributed by atoms with Crippen LogP contribution >= 0.6 is 0 Å². The van der Waals surface area contributed by atoms with Gasteiger partial charge in [-0.05, 0) is 138 Å². The molecular weight excluding hydrogens is 873 g/mol. The summed E-state index contributed by atoms with van der Waals surface area (Å²) in [6.07, 6.45) is 0. The fourth-order valence-corrected chi connectivity index (χ4v) is 12.4. The molecule has 1 atom stereocenters. The summed E-state index contributed by atoms with van der Waals surface area (Å²) in [5.41, 5.74) is 20.0. The molecule has 1 aromatic heterocycles. The van der Waals surface area contributed by atoms with Gasteiger partial charge in [-0.15, -0.1) is 0 Å². The summed E-state index contributed by atoms with van der Waals surface area (Å²) in [6, 6.07) is 98.0. The van der Waals surface area contributed by atoms with Crippen molar-refractivity contribution in [1.29, 1.82) is 0 Å². The molecule has 0 saturated heterocycles. The van der Waals surface area contributed by atoms with Crippen LogP contribution < -0.4 is 9.80 Å². The molecule has 72 heavy (non-hydrogen) atoms. The number of benzene rings is 12. The van der Waals surface area contributed by atoms with Gasteiger partial charge in [-0.3, -0.25) is 0 Å². The second kappa shape index (κ2) is 15.8. The number of hydrogen-bond donors (Lipinski definition) is 0. The average Bonchev–Trinajstić information content (AvgIpc) is 4.08. The predicted octanol–water partition coefficient (Wildman–Crippen LogP) is 18.8. The van der Waals surface area contributed by atoms with Gasteiger partial charge < -0.3 is 14.2 Å². The van der Waals surface area contributed by atoms with Gasteiger partial charge in [0.2, 0.25) is 0 Å². The van der Waals surface area contributed by atoms with Gasteiger partial charge in [-0.25, -0.2) is 0 Å². The van der Waals surface area contributed by atoms with Crippen LogP contribution in [0.4, 0.5) is 34.1 Å². The Balaban J connectivity index is 1.00. The number of anilines is 6. The summed E-state index contributed by atoms with van der Waals surface area (Å²) in [5.74, 6) is 0. The Bertz CT molecular complexity index is 4290. The normalized spacial score (nSPS) is 14.2. The molecular formula is C69H44N2O. The van der Waals surface area contributed by atoms with E-state index < -0.39 is 5.41 Å². The zero-order valence-corrected chi connectivity index (χ0v) is 39.2. The van der Waals surface area contributed by atoms with Crippen molar-refractivity contribution in [3.63, 3.8) is 0 Å². The van der Waals surface area contributed by atoms with Crippen LogP contribution in [-0.2, 0) is 5.41 Å². The molecule has 0 bridgehead atoms. The Labute approximate surface area is 417 Å². The van der Waals surface area contributed by atoms with Crippen LogP contribution in [0.2, 0.25) is 0 Å². The number of furan rings is 1. The maximum atomic E-state index is 6.85. The summed E-state index contributed by atoms with van der Waals surface area (Å²) in [5, 5.41) is 7.00. The monoisotopic (exact) mass is 916 g/mol. The van der Waals surface area contributed by atoms with Crippen molar-refractivity contribution in [2.45, 2.75) is 5.41 Å². The van der Waals surface area contributed by atoms with Crippen molar-refractivity contribution in [3.05, 3.63) is 289 Å². The van der Waals surface area contributed by atoms with Crippen LogP contribution in [0.5, 0.6) is 0 Å². The first-order valence-corrected chi connectivity index (χ1v) is 24.8. The number of para-hydroxylation sites is 3. The molecule has 1 unspecified atom stereocenters. The van der Waals surface area contributed by atoms with E-state index in [4.69, 9.17) is 4.42 Å². The fourth-order valence-electron chi connectivity index (χ4n) is 12.4. The van der Waals surface area contributed by atoms with Crippen molar-refractivity contribution in [2.24, 2.45) is 0 Å². The van der Waals surface area contributed by atoms with Gasteiger partial charge >= 0.3 is 0 Å². The predicted molar refractivity (Wildman–Crippen MR) is 300 cm³/mol. The van der Waals surface area contributed by atoms with Gasteiger partial charge in [0.15, 0.2) is 5.58 Å². The minimum Gasteiger partial charge on any atom is -0.454 e. The van der Waals surface area contributed by atoms with Gasteiger partial charge in [0.05, 0.1) is 16.8 Å². The maximum Gasteiger partial charge on any atom is 0.159 e. The van der Waals surface area contributed by atoms with Gasteiger partial charge in [-0.1, -0.05) is 200 Å². The Hall–Kier alpha value is -9.44. The molecule has 2 aliphatic rings. The minimum atomic E-state index is -0.641. The van der Waals surface area contributed by atoms with Gasteiger partial charge in [-0.2, -0.15) is 0 Å². The summed E-state index contributed by atoms with van der Waals surface area (Å²) < 4.78 is 6.85. The summed E-state index contributed by atoms with van der Waals surface area (Å²) in [6.45, 7) is 0. The zero-order valence-electron chi connectivity index (χ0n) is 39.2. The number of nitrogens with zero attached hydrogens (tertiary/aromatic N) is 2. The van der Waals surface area contributed by atoms with Gasteiger partial charge in [0.25, 0.3) is 0 Å². The summed E-state index contributed by atoms with van der Waals surface area (Å²) in [4.78, 5) is 4.88. The highest BCUT2D eigenvalue weighted by Crippen LogP contribution is 2.64. The smallest absolute Gasteiger partial charge is 0.159 e. The molecule has 0 fully saturated rings. The van der Waals surface area contributed by atoms with Crippen molar-refractivity contribution in [3.8, 4) is 33.4 Å². The molecule has 0 amide bonds. The van der Waals surface area contributed by atoms with E-state index in [1.54, 1.807) is 0 Å². The van der Waals surface area contributed by atoms with E-state index >= 15 is 0 Å². The molecule has 1 heterocycles. The minimum absolute atomic E-state index is 0.641.